The fraction of sp³-hybridized carbons (Fsp3) is 0.325. The number of alkyl halides is 12. The molecule has 124 heavy (non-hydrogen) atoms. The van der Waals surface area contributed by atoms with Crippen LogP contribution >= 0.6 is 57.8 Å². The van der Waals surface area contributed by atoms with Gasteiger partial charge in [-0.05, 0) is 165 Å². The summed E-state index contributed by atoms with van der Waals surface area (Å²) in [5.74, 6) is -2.74. The van der Waals surface area contributed by atoms with E-state index in [1.807, 2.05) is 28.2 Å². The Bertz CT molecular complexity index is 5100. The summed E-state index contributed by atoms with van der Waals surface area (Å²) in [6.07, 6.45) is -6.43. The maximum Gasteiger partial charge on any atom is 0.418 e. The van der Waals surface area contributed by atoms with Crippen LogP contribution < -0.4 is 31.9 Å². The highest BCUT2D eigenvalue weighted by atomic mass is 35.5. The Morgan fingerprint density at radius 3 is 1.56 bits per heavy atom. The predicted molar refractivity (Wildman–Crippen MR) is 449 cm³/mol. The fourth-order valence-corrected chi connectivity index (χ4v) is 14.6. The molecule has 5 amide bonds. The molecule has 668 valence electrons. The number of esters is 2. The standard InChI is InChI=1S/C28H31F3N4O3S2.C17H25N3OS2.C15H12F3NO4.C11H8F3NO3.C9H8F3NO2.C3H3ClO/c1-5-22(36)33-20-9-8-18(12-19(20)28(29,30)31)26(37)35-10-6-7-17(14-35)11-24-34-25(16-40-24)39-15-23-32-13-21(38-23)27(2,3)4;1-17(2,3)13-10-19-14(21-13)11-22-16-7-6-15(23-16)20-12-5-4-8-18-9-12;1-4-12(20)19(13(21)5-2)11-7-6-9(14(22)23-3)8-10(11)15(16,17)18;1-2-9(16)15-8-4-3-6(10(17)18)5-7(8)11(12,13)14;1-15-8(14)5-2-3-7(13)6(4-5)9(10,11)12;1-2-3(4)5/h5,8-9,12-13,16-17H,1,6-7,10-11,14-15H2,2-4H3,(H,33,36);6-7,10,12,18,20H,4-5,8-9,11H2,1-3H3;4-8H,1-2H2,3H3;2-5H,1H2,(H,15,16)(H,17,18);2-4H,13H2,1H3;2H,1H2/t17-;12-;;;;/m01..../s1. The molecular weight excluding hydrogens is 1750 g/mol. The third-order valence-corrected chi connectivity index (χ3v) is 21.3. The summed E-state index contributed by atoms with van der Waals surface area (Å²) < 4.78 is 178. The van der Waals surface area contributed by atoms with Crippen molar-refractivity contribution in [1.29, 1.82) is 0 Å². The van der Waals surface area contributed by atoms with Crippen molar-refractivity contribution in [3.05, 3.63) is 239 Å². The van der Waals surface area contributed by atoms with Crippen LogP contribution in [0.5, 0.6) is 0 Å². The van der Waals surface area contributed by atoms with E-state index in [-0.39, 0.29) is 38.3 Å². The molecule has 2 saturated heterocycles. The predicted octanol–water partition coefficient (Wildman–Crippen LogP) is 19.7. The lowest BCUT2D eigenvalue weighted by Gasteiger charge is -2.32. The first-order chi connectivity index (χ1) is 57.9. The minimum Gasteiger partial charge on any atom is -0.478 e. The van der Waals surface area contributed by atoms with E-state index in [9.17, 15) is 95.8 Å². The van der Waals surface area contributed by atoms with Gasteiger partial charge in [0.1, 0.15) is 16.5 Å². The first-order valence-corrected chi connectivity index (χ1v) is 40.7. The number of aromatic carboxylic acids is 1. The summed E-state index contributed by atoms with van der Waals surface area (Å²) in [5, 5.41) is 24.4. The minimum atomic E-state index is -4.92. The van der Waals surface area contributed by atoms with Gasteiger partial charge in [0.05, 0.1) is 108 Å². The average Bonchev–Trinajstić information content (AvgIpc) is 1.08. The number of carbonyl (C=O) groups is 9. The number of nitrogens with two attached hydrogens (primary N) is 1. The van der Waals surface area contributed by atoms with Crippen molar-refractivity contribution in [3.8, 4) is 0 Å². The van der Waals surface area contributed by atoms with Gasteiger partial charge in [0.15, 0.2) is 0 Å². The number of thiazole rings is 1. The fourth-order valence-electron chi connectivity index (χ4n) is 10.9. The number of nitrogens with one attached hydrogen (secondary N) is 4. The lowest BCUT2D eigenvalue weighted by Crippen LogP contribution is -2.40. The van der Waals surface area contributed by atoms with Crippen molar-refractivity contribution in [1.82, 2.24) is 25.2 Å². The SMILES string of the molecule is C=CC(=O)Cl.C=CC(=O)N(C(=O)C=C)c1ccc(C(=O)OC)cc1C(F)(F)F.C=CC(=O)Nc1ccc(C(=O)N2CCC[C@@H](Cc3nc(SCc4ncc(C(C)(C)C)o4)cs3)C2)cc1C(F)(F)F.C=CC(=O)Nc1ccc(C(=O)O)cc1C(F)(F)F.CC(C)(C)c1cnc(CSc2ccc(N[C@@H]3CCCNC3)s2)o1.COC(=O)c1ccc(N)c(C(F)(F)F)c1. The molecule has 0 aliphatic carbocycles. The molecule has 24 nitrogen and oxygen atoms in total. The van der Waals surface area contributed by atoms with Crippen LogP contribution in [0.1, 0.15) is 159 Å². The Hall–Kier alpha value is -11.3. The molecule has 2 fully saturated rings. The number of benzene rings is 4. The molecule has 0 radical (unpaired) electrons. The first-order valence-electron chi connectivity index (χ1n) is 36.7. The third kappa shape index (κ3) is 32.4. The number of carboxylic acids is 1. The number of methoxy groups -OCH3 is 2. The number of nitrogens with zero attached hydrogens (tertiary/aromatic N) is 5. The van der Waals surface area contributed by atoms with Crippen LogP contribution in [0.3, 0.4) is 0 Å². The second-order valence-electron chi connectivity index (χ2n) is 28.3. The number of nitrogen functional groups attached to an aromatic ring is 1. The number of carbonyl (C=O) groups excluding carboxylic acids is 8. The van der Waals surface area contributed by atoms with Gasteiger partial charge in [0.25, 0.3) is 17.7 Å². The minimum absolute atomic E-state index is 0.0178. The summed E-state index contributed by atoms with van der Waals surface area (Å²) in [4.78, 5) is 117. The van der Waals surface area contributed by atoms with Gasteiger partial charge in [-0.1, -0.05) is 86.2 Å². The molecule has 2 atom stereocenters. The molecule has 6 heterocycles. The van der Waals surface area contributed by atoms with Gasteiger partial charge in [0.2, 0.25) is 28.8 Å². The van der Waals surface area contributed by atoms with E-state index in [2.05, 4.69) is 122 Å². The molecule has 41 heteroatoms. The molecule has 0 bridgehead atoms. The number of allylic oxidation sites excluding steroid dienone is 1. The first kappa shape index (κ1) is 103. The van der Waals surface area contributed by atoms with Crippen molar-refractivity contribution < 1.29 is 119 Å². The van der Waals surface area contributed by atoms with Crippen molar-refractivity contribution >= 4 is 138 Å². The summed E-state index contributed by atoms with van der Waals surface area (Å²) in [7, 11) is 2.10. The molecule has 8 aromatic rings. The van der Waals surface area contributed by atoms with E-state index in [4.69, 9.17) is 36.3 Å². The molecule has 10 rings (SSSR count). The number of hydrogen-bond acceptors (Lipinski definition) is 23. The Kier molecular flexibility index (Phi) is 38.6. The highest BCUT2D eigenvalue weighted by Gasteiger charge is 2.40. The van der Waals surface area contributed by atoms with Crippen LogP contribution in [0.4, 0.5) is 80.4 Å². The van der Waals surface area contributed by atoms with Gasteiger partial charge in [-0.3, -0.25) is 28.8 Å². The molecule has 0 spiro atoms. The van der Waals surface area contributed by atoms with Gasteiger partial charge >= 0.3 is 42.6 Å². The van der Waals surface area contributed by atoms with Crippen LogP contribution in [0.15, 0.2) is 184 Å². The number of thiophene rings is 1. The number of imide groups is 1. The zero-order valence-corrected chi connectivity index (χ0v) is 71.8. The van der Waals surface area contributed by atoms with E-state index >= 15 is 0 Å². The van der Waals surface area contributed by atoms with Gasteiger partial charge < -0.3 is 55.3 Å². The van der Waals surface area contributed by atoms with Crippen molar-refractivity contribution in [2.45, 2.75) is 136 Å². The molecule has 4 aromatic heterocycles. The molecule has 4 aromatic carbocycles. The lowest BCUT2D eigenvalue weighted by molar-refractivity contribution is -0.138. The maximum absolute atomic E-state index is 13.7. The van der Waals surface area contributed by atoms with Crippen LogP contribution in [0, 0.1) is 5.92 Å². The number of aromatic nitrogens is 3. The second-order valence-corrected chi connectivity index (χ2v) is 33.0. The number of ether oxygens (including phenoxy) is 2. The number of amides is 5. The van der Waals surface area contributed by atoms with Crippen LogP contribution in [-0.4, -0.2) is 124 Å². The topological polar surface area (TPSA) is 338 Å². The summed E-state index contributed by atoms with van der Waals surface area (Å²) in [6, 6.07) is 15.7. The normalized spacial score (nSPS) is 13.9. The maximum atomic E-state index is 13.7. The van der Waals surface area contributed by atoms with E-state index in [0.29, 0.717) is 67.5 Å². The quantitative estimate of drug-likeness (QED) is 0.00916. The zero-order chi connectivity index (χ0) is 93.0. The van der Waals surface area contributed by atoms with Gasteiger partial charge in [-0.25, -0.2) is 34.2 Å². The number of carboxylic acid groups (broad SMARTS) is 1. The highest BCUT2D eigenvalue weighted by molar-refractivity contribution is 8.00. The number of thioether (sulfide) groups is 2. The molecule has 0 saturated carbocycles. The van der Waals surface area contributed by atoms with E-state index in [0.717, 1.165) is 134 Å². The molecular formula is C83H87ClF12N10O14S4. The van der Waals surface area contributed by atoms with Crippen LogP contribution in [0.25, 0.3) is 0 Å². The van der Waals surface area contributed by atoms with E-state index in [1.165, 1.54) is 34.2 Å². The number of piperidine rings is 2. The van der Waals surface area contributed by atoms with Crippen LogP contribution in [0.2, 0.25) is 0 Å². The van der Waals surface area contributed by atoms with Crippen molar-refractivity contribution in [2.75, 3.05) is 67.0 Å². The van der Waals surface area contributed by atoms with Crippen molar-refractivity contribution in [2.24, 2.45) is 5.92 Å². The van der Waals surface area contributed by atoms with Gasteiger partial charge in [0, 0.05) is 59.6 Å². The van der Waals surface area contributed by atoms with Gasteiger partial charge in [-0.2, -0.15) is 52.7 Å². The Morgan fingerprint density at radius 1 is 0.629 bits per heavy atom. The number of likely N-dealkylation sites (tertiary alicyclic amines) is 1. The monoisotopic (exact) mass is 1840 g/mol. The molecule has 2 aliphatic heterocycles. The summed E-state index contributed by atoms with van der Waals surface area (Å²) in [5.41, 5.74) is -2.85. The molecule has 2 aliphatic rings. The third-order valence-electron chi connectivity index (χ3n) is 17.0. The van der Waals surface area contributed by atoms with E-state index in [1.54, 1.807) is 46.0 Å². The number of halogens is 13. The summed E-state index contributed by atoms with van der Waals surface area (Å²) >= 11 is 11.4. The van der Waals surface area contributed by atoms with Crippen molar-refractivity contribution in [3.63, 3.8) is 0 Å². The van der Waals surface area contributed by atoms with Gasteiger partial charge in [-0.15, -0.1) is 34.4 Å². The number of rotatable bonds is 22. The number of oxazole rings is 2. The molecule has 7 N–H and O–H groups in total. The highest BCUT2D eigenvalue weighted by Crippen LogP contribution is 2.42. The zero-order valence-electron chi connectivity index (χ0n) is 67.8. The Balaban J connectivity index is 0.000000283. The smallest absolute Gasteiger partial charge is 0.418 e. The Morgan fingerprint density at radius 2 is 1.10 bits per heavy atom. The average molecular weight is 1840 g/mol. The number of hydrogen-bond donors (Lipinski definition) is 6. The summed E-state index contributed by atoms with van der Waals surface area (Å²) in [6.45, 7) is 31.5. The molecule has 0 unspecified atom stereocenters. The lowest BCUT2D eigenvalue weighted by atomic mass is 9.94. The largest absolute Gasteiger partial charge is 0.478 e. The second kappa shape index (κ2) is 46.4. The number of anilines is 5. The van der Waals surface area contributed by atoms with E-state index < -0.39 is 128 Å². The Labute approximate surface area is 726 Å². The van der Waals surface area contributed by atoms with Crippen LogP contribution in [-0.2, 0) is 86.9 Å².